The summed E-state index contributed by atoms with van der Waals surface area (Å²) in [7, 11) is -3.64. The van der Waals surface area contributed by atoms with Crippen LogP contribution in [-0.4, -0.2) is 65.2 Å². The largest absolute Gasteiger partial charge is 0.379 e. The molecule has 2 rings (SSSR count). The van der Waals surface area contributed by atoms with Gasteiger partial charge in [0.15, 0.2) is 0 Å². The van der Waals surface area contributed by atoms with Crippen molar-refractivity contribution in [1.29, 1.82) is 0 Å². The normalized spacial score (nSPS) is 16.4. The third kappa shape index (κ3) is 5.38. The van der Waals surface area contributed by atoms with E-state index in [4.69, 9.17) is 4.74 Å². The predicted molar refractivity (Wildman–Crippen MR) is 81.9 cm³/mol. The summed E-state index contributed by atoms with van der Waals surface area (Å²) >= 11 is 0. The van der Waals surface area contributed by atoms with E-state index >= 15 is 0 Å². The van der Waals surface area contributed by atoms with Crippen molar-refractivity contribution in [3.8, 4) is 0 Å². The second kappa shape index (κ2) is 8.23. The third-order valence-corrected chi connectivity index (χ3v) is 4.75. The maximum Gasteiger partial charge on any atom is 0.241 e. The smallest absolute Gasteiger partial charge is 0.241 e. The molecule has 22 heavy (non-hydrogen) atoms. The van der Waals surface area contributed by atoms with Crippen molar-refractivity contribution in [3.05, 3.63) is 30.3 Å². The first kappa shape index (κ1) is 16.9. The van der Waals surface area contributed by atoms with Crippen LogP contribution in [-0.2, 0) is 19.6 Å². The third-order valence-electron chi connectivity index (χ3n) is 3.33. The van der Waals surface area contributed by atoms with E-state index in [2.05, 4.69) is 14.9 Å². The fraction of sp³-hybridized carbons (Fsp3) is 0.500. The lowest BCUT2D eigenvalue weighted by Gasteiger charge is -2.26. The Morgan fingerprint density at radius 2 is 1.86 bits per heavy atom. The summed E-state index contributed by atoms with van der Waals surface area (Å²) in [6.45, 7) is 4.11. The number of sulfonamides is 1. The topological polar surface area (TPSA) is 87.7 Å². The Hall–Kier alpha value is -1.48. The van der Waals surface area contributed by atoms with Crippen LogP contribution in [0.5, 0.6) is 0 Å². The quantitative estimate of drug-likeness (QED) is 0.699. The number of nitrogens with zero attached hydrogens (tertiary/aromatic N) is 1. The van der Waals surface area contributed by atoms with E-state index < -0.39 is 10.0 Å². The van der Waals surface area contributed by atoms with Crippen LogP contribution >= 0.6 is 0 Å². The van der Waals surface area contributed by atoms with Crippen LogP contribution in [0.3, 0.4) is 0 Å². The lowest BCUT2D eigenvalue weighted by Crippen LogP contribution is -2.43. The Bertz CT molecular complexity index is 571. The summed E-state index contributed by atoms with van der Waals surface area (Å²) in [4.78, 5) is 14.0. The van der Waals surface area contributed by atoms with E-state index in [9.17, 15) is 13.2 Å². The minimum Gasteiger partial charge on any atom is -0.379 e. The van der Waals surface area contributed by atoms with E-state index in [1.54, 1.807) is 18.2 Å². The van der Waals surface area contributed by atoms with Crippen LogP contribution in [0.15, 0.2) is 35.2 Å². The summed E-state index contributed by atoms with van der Waals surface area (Å²) in [6, 6.07) is 7.97. The first-order valence-electron chi connectivity index (χ1n) is 7.19. The molecular weight excluding hydrogens is 306 g/mol. The highest BCUT2D eigenvalue weighted by atomic mass is 32.2. The van der Waals surface area contributed by atoms with Crippen molar-refractivity contribution in [2.45, 2.75) is 4.90 Å². The van der Waals surface area contributed by atoms with Crippen LogP contribution in [0, 0.1) is 0 Å². The van der Waals surface area contributed by atoms with Crippen molar-refractivity contribution in [2.24, 2.45) is 0 Å². The molecule has 0 bridgehead atoms. The van der Waals surface area contributed by atoms with Gasteiger partial charge in [0.1, 0.15) is 0 Å². The summed E-state index contributed by atoms with van der Waals surface area (Å²) < 4.78 is 31.4. The van der Waals surface area contributed by atoms with Crippen LogP contribution in [0.1, 0.15) is 0 Å². The zero-order valence-corrected chi connectivity index (χ0v) is 13.1. The van der Waals surface area contributed by atoms with Crippen molar-refractivity contribution < 1.29 is 17.9 Å². The molecule has 1 heterocycles. The fourth-order valence-electron chi connectivity index (χ4n) is 2.08. The molecule has 1 aliphatic heterocycles. The molecule has 1 aliphatic rings. The zero-order chi connectivity index (χ0) is 15.8. The average Bonchev–Trinajstić information content (AvgIpc) is 2.55. The van der Waals surface area contributed by atoms with Gasteiger partial charge in [-0.15, -0.1) is 0 Å². The number of hydrogen-bond acceptors (Lipinski definition) is 5. The molecule has 0 radical (unpaired) electrons. The molecule has 0 unspecified atom stereocenters. The van der Waals surface area contributed by atoms with Crippen LogP contribution in [0.25, 0.3) is 0 Å². The number of carbonyl (C=O) groups is 1. The van der Waals surface area contributed by atoms with Gasteiger partial charge >= 0.3 is 0 Å². The number of ether oxygens (including phenoxy) is 1. The zero-order valence-electron chi connectivity index (χ0n) is 12.3. The lowest BCUT2D eigenvalue weighted by atomic mass is 10.4. The molecule has 122 valence electrons. The summed E-state index contributed by atoms with van der Waals surface area (Å²) in [5.41, 5.74) is 0. The van der Waals surface area contributed by atoms with Gasteiger partial charge in [0.2, 0.25) is 15.9 Å². The summed E-state index contributed by atoms with van der Waals surface area (Å²) in [5.74, 6) is -0.340. The monoisotopic (exact) mass is 327 g/mol. The summed E-state index contributed by atoms with van der Waals surface area (Å²) in [5, 5.41) is 2.71. The molecule has 7 nitrogen and oxygen atoms in total. The minimum absolute atomic E-state index is 0.149. The second-order valence-electron chi connectivity index (χ2n) is 4.94. The Morgan fingerprint density at radius 3 is 2.55 bits per heavy atom. The van der Waals surface area contributed by atoms with E-state index in [1.165, 1.54) is 12.1 Å². The van der Waals surface area contributed by atoms with Gasteiger partial charge in [-0.05, 0) is 12.1 Å². The molecule has 1 fully saturated rings. The molecule has 0 spiro atoms. The van der Waals surface area contributed by atoms with Gasteiger partial charge in [-0.25, -0.2) is 13.1 Å². The van der Waals surface area contributed by atoms with Crippen molar-refractivity contribution >= 4 is 15.9 Å². The van der Waals surface area contributed by atoms with Gasteiger partial charge < -0.3 is 10.1 Å². The second-order valence-corrected chi connectivity index (χ2v) is 6.71. The standard InChI is InChI=1S/C14H21N3O4S/c18-14(15-6-7-17-8-10-21-11-9-17)12-16-22(19,20)13-4-2-1-3-5-13/h1-5,16H,6-12H2,(H,15,18). The van der Waals surface area contributed by atoms with Gasteiger partial charge in [0.25, 0.3) is 0 Å². The number of amides is 1. The van der Waals surface area contributed by atoms with Crippen molar-refractivity contribution in [2.75, 3.05) is 45.9 Å². The molecule has 1 amide bonds. The average molecular weight is 327 g/mol. The molecule has 1 aromatic rings. The van der Waals surface area contributed by atoms with E-state index in [0.717, 1.165) is 19.6 Å². The number of benzene rings is 1. The first-order valence-corrected chi connectivity index (χ1v) is 8.68. The Balaban J connectivity index is 1.69. The Kier molecular flexibility index (Phi) is 6.32. The molecule has 0 aromatic heterocycles. The highest BCUT2D eigenvalue weighted by Gasteiger charge is 2.15. The number of hydrogen-bond donors (Lipinski definition) is 2. The Morgan fingerprint density at radius 1 is 1.18 bits per heavy atom. The van der Waals surface area contributed by atoms with E-state index in [1.807, 2.05) is 0 Å². The van der Waals surface area contributed by atoms with Crippen molar-refractivity contribution in [1.82, 2.24) is 14.9 Å². The number of rotatable bonds is 7. The van der Waals surface area contributed by atoms with Gasteiger partial charge in [-0.3, -0.25) is 9.69 Å². The van der Waals surface area contributed by atoms with Gasteiger partial charge in [-0.1, -0.05) is 18.2 Å². The highest BCUT2D eigenvalue weighted by Crippen LogP contribution is 2.06. The lowest BCUT2D eigenvalue weighted by molar-refractivity contribution is -0.120. The molecule has 1 saturated heterocycles. The summed E-state index contributed by atoms with van der Waals surface area (Å²) in [6.07, 6.45) is 0. The van der Waals surface area contributed by atoms with Gasteiger partial charge in [0.05, 0.1) is 24.7 Å². The van der Waals surface area contributed by atoms with Crippen molar-refractivity contribution in [3.63, 3.8) is 0 Å². The predicted octanol–water partition coefficient (Wildman–Crippen LogP) is -0.587. The van der Waals surface area contributed by atoms with E-state index in [-0.39, 0.29) is 17.3 Å². The molecule has 0 saturated carbocycles. The number of nitrogens with one attached hydrogen (secondary N) is 2. The maximum absolute atomic E-state index is 11.9. The molecule has 0 atom stereocenters. The fourth-order valence-corrected chi connectivity index (χ4v) is 3.09. The maximum atomic E-state index is 11.9. The van der Waals surface area contributed by atoms with E-state index in [0.29, 0.717) is 19.8 Å². The molecule has 8 heteroatoms. The molecule has 0 aliphatic carbocycles. The van der Waals surface area contributed by atoms with Crippen LogP contribution in [0.4, 0.5) is 0 Å². The number of carbonyl (C=O) groups excluding carboxylic acids is 1. The SMILES string of the molecule is O=C(CNS(=O)(=O)c1ccccc1)NCCN1CCOCC1. The van der Waals surface area contributed by atoms with Crippen LogP contribution < -0.4 is 10.0 Å². The van der Waals surface area contributed by atoms with Gasteiger partial charge in [-0.2, -0.15) is 0 Å². The molecular formula is C14H21N3O4S. The molecule has 2 N–H and O–H groups in total. The first-order chi connectivity index (χ1) is 10.6. The Labute approximate surface area is 130 Å². The van der Waals surface area contributed by atoms with Gasteiger partial charge in [0, 0.05) is 26.2 Å². The molecule has 1 aromatic carbocycles. The minimum atomic E-state index is -3.64. The van der Waals surface area contributed by atoms with Crippen LogP contribution in [0.2, 0.25) is 0 Å². The highest BCUT2D eigenvalue weighted by molar-refractivity contribution is 7.89. The number of morpholine rings is 1.